The fourth-order valence-corrected chi connectivity index (χ4v) is 3.55. The van der Waals surface area contributed by atoms with Crippen molar-refractivity contribution in [3.63, 3.8) is 0 Å². The predicted molar refractivity (Wildman–Crippen MR) is 119 cm³/mol. The number of nitriles is 1. The van der Waals surface area contributed by atoms with Crippen LogP contribution >= 0.6 is 23.4 Å². The van der Waals surface area contributed by atoms with Gasteiger partial charge in [-0.2, -0.15) is 5.26 Å². The van der Waals surface area contributed by atoms with Gasteiger partial charge in [0.15, 0.2) is 0 Å². The largest absolute Gasteiger partial charge is 0.360 e. The second-order valence-electron chi connectivity index (χ2n) is 6.14. The van der Waals surface area contributed by atoms with E-state index in [0.29, 0.717) is 16.4 Å². The molecule has 0 bridgehead atoms. The zero-order valence-corrected chi connectivity index (χ0v) is 17.2. The van der Waals surface area contributed by atoms with E-state index in [-0.39, 0.29) is 5.57 Å². The van der Waals surface area contributed by atoms with Crippen molar-refractivity contribution < 1.29 is 4.79 Å². The maximum atomic E-state index is 12.6. The summed E-state index contributed by atoms with van der Waals surface area (Å²) in [4.78, 5) is 14.6. The molecule has 3 rings (SSSR count). The number of nitrogens with zero attached hydrogens (tertiary/aromatic N) is 1. The van der Waals surface area contributed by atoms with E-state index < -0.39 is 5.91 Å². The first kappa shape index (κ1) is 20.5. The summed E-state index contributed by atoms with van der Waals surface area (Å²) in [6.45, 7) is 1.90. The number of hydrogen-bond donors (Lipinski definition) is 2. The molecule has 0 unspecified atom stereocenters. The Morgan fingerprint density at radius 2 is 1.79 bits per heavy atom. The van der Waals surface area contributed by atoms with Gasteiger partial charge in [-0.05, 0) is 48.9 Å². The maximum Gasteiger partial charge on any atom is 0.267 e. The number of rotatable bonds is 6. The summed E-state index contributed by atoms with van der Waals surface area (Å²) in [5, 5.41) is 15.8. The highest BCUT2D eigenvalue weighted by atomic mass is 35.5. The van der Waals surface area contributed by atoms with E-state index in [4.69, 9.17) is 11.6 Å². The fourth-order valence-electron chi connectivity index (χ4n) is 2.45. The Morgan fingerprint density at radius 3 is 2.52 bits per heavy atom. The number of carbonyl (C=O) groups excluding carboxylic acids is 1. The molecule has 0 saturated heterocycles. The van der Waals surface area contributed by atoms with Crippen LogP contribution in [0.3, 0.4) is 0 Å². The van der Waals surface area contributed by atoms with E-state index in [1.807, 2.05) is 79.7 Å². The lowest BCUT2D eigenvalue weighted by Crippen LogP contribution is -2.15. The number of nitrogens with one attached hydrogen (secondary N) is 2. The van der Waals surface area contributed by atoms with Crippen molar-refractivity contribution in [2.24, 2.45) is 0 Å². The smallest absolute Gasteiger partial charge is 0.267 e. The van der Waals surface area contributed by atoms with Gasteiger partial charge in [0.1, 0.15) is 11.6 Å². The number of anilines is 2. The summed E-state index contributed by atoms with van der Waals surface area (Å²) in [6, 6.07) is 24.7. The minimum atomic E-state index is -0.487. The van der Waals surface area contributed by atoms with Crippen molar-refractivity contribution in [2.45, 2.75) is 16.7 Å². The van der Waals surface area contributed by atoms with Crippen molar-refractivity contribution in [1.82, 2.24) is 0 Å². The lowest BCUT2D eigenvalue weighted by molar-refractivity contribution is -0.112. The lowest BCUT2D eigenvalue weighted by atomic mass is 10.2. The first-order valence-electron chi connectivity index (χ1n) is 8.83. The zero-order valence-electron chi connectivity index (χ0n) is 15.6. The van der Waals surface area contributed by atoms with Crippen LogP contribution in [0.15, 0.2) is 94.4 Å². The SMILES string of the molecule is Cc1ccc(N/C=C(/C#N)C(=O)Nc2ccccc2Sc2ccccc2)cc1Cl. The molecule has 0 spiro atoms. The molecular weight excluding hydrogens is 402 g/mol. The van der Waals surface area contributed by atoms with Crippen molar-refractivity contribution in [2.75, 3.05) is 10.6 Å². The van der Waals surface area contributed by atoms with Gasteiger partial charge in [-0.1, -0.05) is 59.8 Å². The Balaban J connectivity index is 1.74. The highest BCUT2D eigenvalue weighted by Crippen LogP contribution is 2.33. The first-order valence-corrected chi connectivity index (χ1v) is 10.0. The molecule has 29 heavy (non-hydrogen) atoms. The summed E-state index contributed by atoms with van der Waals surface area (Å²) in [6.07, 6.45) is 1.38. The van der Waals surface area contributed by atoms with Gasteiger partial charge in [0.05, 0.1) is 5.69 Å². The Bertz CT molecular complexity index is 1090. The number of halogens is 1. The maximum absolute atomic E-state index is 12.6. The van der Waals surface area contributed by atoms with Crippen LogP contribution in [0.1, 0.15) is 5.56 Å². The van der Waals surface area contributed by atoms with Gasteiger partial charge < -0.3 is 10.6 Å². The zero-order chi connectivity index (χ0) is 20.6. The third-order valence-corrected chi connectivity index (χ3v) is 5.52. The number of benzene rings is 3. The van der Waals surface area contributed by atoms with Crippen LogP contribution in [0.5, 0.6) is 0 Å². The third-order valence-electron chi connectivity index (χ3n) is 4.03. The first-order chi connectivity index (χ1) is 14.1. The van der Waals surface area contributed by atoms with E-state index in [1.165, 1.54) is 6.20 Å². The Kier molecular flexibility index (Phi) is 6.96. The van der Waals surface area contributed by atoms with Crippen LogP contribution in [0.2, 0.25) is 5.02 Å². The van der Waals surface area contributed by atoms with Crippen LogP contribution in [0.4, 0.5) is 11.4 Å². The number of carbonyl (C=O) groups is 1. The summed E-state index contributed by atoms with van der Waals surface area (Å²) in [7, 11) is 0. The average molecular weight is 420 g/mol. The Morgan fingerprint density at radius 1 is 1.07 bits per heavy atom. The standard InChI is InChI=1S/C23H18ClN3OS/c1-16-11-12-18(13-20(16)24)26-15-17(14-25)23(28)27-21-9-5-6-10-22(21)29-19-7-3-2-4-8-19/h2-13,15,26H,1H3,(H,27,28)/b17-15-. The van der Waals surface area contributed by atoms with Crippen LogP contribution < -0.4 is 10.6 Å². The molecule has 0 fully saturated rings. The van der Waals surface area contributed by atoms with Crippen molar-refractivity contribution >= 4 is 40.6 Å². The van der Waals surface area contributed by atoms with Gasteiger partial charge in [0.2, 0.25) is 0 Å². The minimum absolute atomic E-state index is 0.0405. The molecule has 0 heterocycles. The molecule has 144 valence electrons. The number of amides is 1. The average Bonchev–Trinajstić information content (AvgIpc) is 2.73. The molecule has 0 aliphatic heterocycles. The number of aryl methyl sites for hydroxylation is 1. The summed E-state index contributed by atoms with van der Waals surface area (Å²) >= 11 is 7.65. The summed E-state index contributed by atoms with van der Waals surface area (Å²) in [5.41, 5.74) is 2.25. The van der Waals surface area contributed by atoms with Gasteiger partial charge in [0, 0.05) is 26.7 Å². The second-order valence-corrected chi connectivity index (χ2v) is 7.67. The Hall–Kier alpha value is -3.20. The molecule has 0 aliphatic rings. The van der Waals surface area contributed by atoms with Gasteiger partial charge in [-0.25, -0.2) is 0 Å². The molecule has 2 N–H and O–H groups in total. The van der Waals surface area contributed by atoms with E-state index in [1.54, 1.807) is 17.8 Å². The molecule has 0 aliphatic carbocycles. The fraction of sp³-hybridized carbons (Fsp3) is 0.0435. The molecule has 4 nitrogen and oxygen atoms in total. The molecule has 0 aromatic heterocycles. The van der Waals surface area contributed by atoms with Gasteiger partial charge in [-0.3, -0.25) is 4.79 Å². The van der Waals surface area contributed by atoms with E-state index in [2.05, 4.69) is 10.6 Å². The van der Waals surface area contributed by atoms with Crippen LogP contribution in [0, 0.1) is 18.3 Å². The van der Waals surface area contributed by atoms with Crippen LogP contribution in [-0.2, 0) is 4.79 Å². The molecule has 0 saturated carbocycles. The van der Waals surface area contributed by atoms with Crippen LogP contribution in [-0.4, -0.2) is 5.91 Å². The molecule has 1 amide bonds. The van der Waals surface area contributed by atoms with Gasteiger partial charge in [0.25, 0.3) is 5.91 Å². The lowest BCUT2D eigenvalue weighted by Gasteiger charge is -2.10. The Labute approximate surface area is 179 Å². The minimum Gasteiger partial charge on any atom is -0.360 e. The van der Waals surface area contributed by atoms with E-state index in [0.717, 1.165) is 15.4 Å². The molecule has 3 aromatic rings. The third kappa shape index (κ3) is 5.64. The topological polar surface area (TPSA) is 64.9 Å². The molecule has 0 radical (unpaired) electrons. The highest BCUT2D eigenvalue weighted by molar-refractivity contribution is 7.99. The van der Waals surface area contributed by atoms with Crippen LogP contribution in [0.25, 0.3) is 0 Å². The molecule has 3 aromatic carbocycles. The van der Waals surface area contributed by atoms with Crippen molar-refractivity contribution in [3.05, 3.63) is 95.2 Å². The second kappa shape index (κ2) is 9.83. The molecule has 6 heteroatoms. The normalized spacial score (nSPS) is 10.9. The summed E-state index contributed by atoms with van der Waals surface area (Å²) < 4.78 is 0. The van der Waals surface area contributed by atoms with Gasteiger partial charge >= 0.3 is 0 Å². The highest BCUT2D eigenvalue weighted by Gasteiger charge is 2.12. The van der Waals surface area contributed by atoms with Crippen molar-refractivity contribution in [1.29, 1.82) is 5.26 Å². The molecule has 0 atom stereocenters. The predicted octanol–water partition coefficient (Wildman–Crippen LogP) is 6.26. The number of para-hydroxylation sites is 1. The quantitative estimate of drug-likeness (QED) is 0.365. The number of hydrogen-bond acceptors (Lipinski definition) is 4. The van der Waals surface area contributed by atoms with Crippen molar-refractivity contribution in [3.8, 4) is 6.07 Å². The van der Waals surface area contributed by atoms with E-state index in [9.17, 15) is 10.1 Å². The molecular formula is C23H18ClN3OS. The van der Waals surface area contributed by atoms with E-state index >= 15 is 0 Å². The van der Waals surface area contributed by atoms with Gasteiger partial charge in [-0.15, -0.1) is 0 Å². The summed E-state index contributed by atoms with van der Waals surface area (Å²) in [5.74, 6) is -0.487. The monoisotopic (exact) mass is 419 g/mol.